The Balaban J connectivity index is 1.55. The molecule has 1 aliphatic heterocycles. The second kappa shape index (κ2) is 8.21. The normalized spacial score (nSPS) is 22.2. The van der Waals surface area contributed by atoms with Gasteiger partial charge in [-0.2, -0.15) is 5.26 Å². The maximum atomic E-state index is 12.4. The van der Waals surface area contributed by atoms with Crippen LogP contribution < -0.4 is 5.32 Å². The Kier molecular flexibility index (Phi) is 5.73. The molecule has 146 valence electrons. The van der Waals surface area contributed by atoms with Gasteiger partial charge in [0.15, 0.2) is 6.10 Å². The fourth-order valence-electron chi connectivity index (χ4n) is 3.71. The summed E-state index contributed by atoms with van der Waals surface area (Å²) in [5, 5.41) is 11.4. The lowest BCUT2D eigenvalue weighted by molar-refractivity contribution is -0.158. The summed E-state index contributed by atoms with van der Waals surface area (Å²) in [7, 11) is 0. The fourth-order valence-corrected chi connectivity index (χ4v) is 3.71. The lowest BCUT2D eigenvalue weighted by atomic mass is 9.81. The highest BCUT2D eigenvalue weighted by atomic mass is 16.5. The van der Waals surface area contributed by atoms with Crippen LogP contribution in [-0.2, 0) is 23.9 Å². The molecule has 1 heterocycles. The fraction of sp³-hybridized carbons (Fsp3) is 0.450. The van der Waals surface area contributed by atoms with Gasteiger partial charge in [0.1, 0.15) is 6.54 Å². The van der Waals surface area contributed by atoms with E-state index in [0.29, 0.717) is 24.1 Å². The molecule has 0 spiro atoms. The van der Waals surface area contributed by atoms with Crippen LogP contribution in [0.2, 0.25) is 0 Å². The smallest absolute Gasteiger partial charge is 0.326 e. The molecule has 2 aliphatic rings. The molecule has 3 rings (SSSR count). The van der Waals surface area contributed by atoms with Gasteiger partial charge in [-0.15, -0.1) is 0 Å². The number of imide groups is 1. The quantitative estimate of drug-likeness (QED) is 0.610. The van der Waals surface area contributed by atoms with Crippen LogP contribution >= 0.6 is 0 Å². The Morgan fingerprint density at radius 1 is 1.25 bits per heavy atom. The van der Waals surface area contributed by atoms with E-state index in [1.807, 2.05) is 6.07 Å². The average Bonchev–Trinajstić information content (AvgIpc) is 2.93. The topological polar surface area (TPSA) is 117 Å². The van der Waals surface area contributed by atoms with Crippen LogP contribution in [0.1, 0.15) is 38.2 Å². The summed E-state index contributed by atoms with van der Waals surface area (Å²) >= 11 is 0. The molecule has 8 nitrogen and oxygen atoms in total. The van der Waals surface area contributed by atoms with E-state index in [1.165, 1.54) is 13.0 Å². The van der Waals surface area contributed by atoms with Crippen molar-refractivity contribution in [2.75, 3.05) is 11.9 Å². The van der Waals surface area contributed by atoms with Crippen LogP contribution in [0, 0.1) is 23.2 Å². The summed E-state index contributed by atoms with van der Waals surface area (Å²) in [6.45, 7) is 0.918. The number of fused-ring (bicyclic) bond motifs is 1. The number of likely N-dealkylation sites (tertiary alicyclic amines) is 1. The van der Waals surface area contributed by atoms with E-state index < -0.39 is 24.5 Å². The molecule has 0 unspecified atom stereocenters. The van der Waals surface area contributed by atoms with Crippen molar-refractivity contribution >= 4 is 29.4 Å². The van der Waals surface area contributed by atoms with Crippen molar-refractivity contribution in [3.05, 3.63) is 29.8 Å². The minimum Gasteiger partial charge on any atom is -0.451 e. The van der Waals surface area contributed by atoms with E-state index >= 15 is 0 Å². The number of ether oxygens (including phenoxy) is 1. The molecule has 0 aromatic heterocycles. The number of nitrogens with one attached hydrogen (secondary N) is 1. The Labute approximate surface area is 162 Å². The first-order valence-electron chi connectivity index (χ1n) is 9.26. The molecule has 2 fully saturated rings. The largest absolute Gasteiger partial charge is 0.451 e. The van der Waals surface area contributed by atoms with E-state index in [-0.39, 0.29) is 23.7 Å². The lowest BCUT2D eigenvalue weighted by Gasteiger charge is -2.19. The zero-order chi connectivity index (χ0) is 20.3. The number of anilines is 1. The number of hydrogen-bond acceptors (Lipinski definition) is 6. The molecule has 1 aliphatic carbocycles. The summed E-state index contributed by atoms with van der Waals surface area (Å²) in [4.78, 5) is 50.1. The molecule has 1 saturated heterocycles. The molecule has 0 radical (unpaired) electrons. The summed E-state index contributed by atoms with van der Waals surface area (Å²) in [5.41, 5.74) is 0.788. The maximum absolute atomic E-state index is 12.4. The highest BCUT2D eigenvalue weighted by Gasteiger charge is 2.48. The molecule has 1 aromatic carbocycles. The van der Waals surface area contributed by atoms with Crippen LogP contribution in [0.25, 0.3) is 0 Å². The van der Waals surface area contributed by atoms with Gasteiger partial charge in [-0.3, -0.25) is 24.1 Å². The van der Waals surface area contributed by atoms with Crippen molar-refractivity contribution in [3.8, 4) is 6.07 Å². The van der Waals surface area contributed by atoms with Crippen molar-refractivity contribution in [1.29, 1.82) is 5.26 Å². The molecule has 1 saturated carbocycles. The highest BCUT2D eigenvalue weighted by Crippen LogP contribution is 2.37. The van der Waals surface area contributed by atoms with Gasteiger partial charge in [-0.05, 0) is 38.0 Å². The average molecular weight is 383 g/mol. The number of carbonyl (C=O) groups excluding carboxylic acids is 4. The molecule has 0 bridgehead atoms. The van der Waals surface area contributed by atoms with E-state index in [2.05, 4.69) is 5.32 Å². The second-order valence-corrected chi connectivity index (χ2v) is 7.07. The van der Waals surface area contributed by atoms with Crippen LogP contribution in [0.4, 0.5) is 5.69 Å². The van der Waals surface area contributed by atoms with Gasteiger partial charge in [-0.25, -0.2) is 0 Å². The van der Waals surface area contributed by atoms with E-state index in [9.17, 15) is 19.2 Å². The molecular formula is C20H21N3O5. The number of hydrogen-bond donors (Lipinski definition) is 1. The predicted octanol–water partition coefficient (Wildman–Crippen LogP) is 1.60. The lowest BCUT2D eigenvalue weighted by Crippen LogP contribution is -2.39. The zero-order valence-corrected chi connectivity index (χ0v) is 15.5. The maximum Gasteiger partial charge on any atom is 0.326 e. The monoisotopic (exact) mass is 383 g/mol. The van der Waals surface area contributed by atoms with Gasteiger partial charge < -0.3 is 10.1 Å². The van der Waals surface area contributed by atoms with Crippen LogP contribution in [0.15, 0.2) is 24.3 Å². The Morgan fingerprint density at radius 2 is 1.89 bits per heavy atom. The molecule has 1 aromatic rings. The highest BCUT2D eigenvalue weighted by molar-refractivity contribution is 6.07. The van der Waals surface area contributed by atoms with Crippen molar-refractivity contribution in [2.45, 2.75) is 38.7 Å². The SMILES string of the molecule is C[C@H](OC(=O)CN1C(=O)[C@H]2CCCC[C@H]2C1=O)C(=O)Nc1cccc(C#N)c1. The Bertz CT molecular complexity index is 836. The Hall–Kier alpha value is -3.21. The summed E-state index contributed by atoms with van der Waals surface area (Å²) in [6, 6.07) is 8.29. The summed E-state index contributed by atoms with van der Waals surface area (Å²) in [5.74, 6) is -2.69. The van der Waals surface area contributed by atoms with E-state index in [1.54, 1.807) is 18.2 Å². The van der Waals surface area contributed by atoms with Gasteiger partial charge >= 0.3 is 5.97 Å². The van der Waals surface area contributed by atoms with E-state index in [4.69, 9.17) is 10.00 Å². The number of carbonyl (C=O) groups is 4. The molecule has 28 heavy (non-hydrogen) atoms. The predicted molar refractivity (Wildman–Crippen MR) is 97.5 cm³/mol. The summed E-state index contributed by atoms with van der Waals surface area (Å²) in [6.07, 6.45) is 2.03. The number of nitriles is 1. The first kappa shape index (κ1) is 19.5. The zero-order valence-electron chi connectivity index (χ0n) is 15.5. The van der Waals surface area contributed by atoms with Crippen molar-refractivity contribution in [2.24, 2.45) is 11.8 Å². The third-order valence-corrected chi connectivity index (χ3v) is 5.16. The number of benzene rings is 1. The van der Waals surface area contributed by atoms with Gasteiger partial charge in [0.05, 0.1) is 23.5 Å². The Morgan fingerprint density at radius 3 is 2.50 bits per heavy atom. The van der Waals surface area contributed by atoms with E-state index in [0.717, 1.165) is 17.7 Å². The first-order valence-corrected chi connectivity index (χ1v) is 9.26. The number of amides is 3. The van der Waals surface area contributed by atoms with Crippen LogP contribution in [0.3, 0.4) is 0 Å². The van der Waals surface area contributed by atoms with Crippen molar-refractivity contribution < 1.29 is 23.9 Å². The minimum absolute atomic E-state index is 0.322. The van der Waals surface area contributed by atoms with Gasteiger partial charge in [-0.1, -0.05) is 18.9 Å². The molecular weight excluding hydrogens is 362 g/mol. The summed E-state index contributed by atoms with van der Waals surface area (Å²) < 4.78 is 5.09. The molecule has 8 heteroatoms. The second-order valence-electron chi connectivity index (χ2n) is 7.07. The number of nitrogens with zero attached hydrogens (tertiary/aromatic N) is 2. The van der Waals surface area contributed by atoms with Crippen molar-refractivity contribution in [1.82, 2.24) is 4.90 Å². The molecule has 1 N–H and O–H groups in total. The van der Waals surface area contributed by atoms with Gasteiger partial charge in [0.25, 0.3) is 5.91 Å². The van der Waals surface area contributed by atoms with Gasteiger partial charge in [0, 0.05) is 5.69 Å². The van der Waals surface area contributed by atoms with Gasteiger partial charge in [0.2, 0.25) is 11.8 Å². The van der Waals surface area contributed by atoms with Crippen LogP contribution in [-0.4, -0.2) is 41.2 Å². The third-order valence-electron chi connectivity index (χ3n) is 5.16. The standard InChI is InChI=1S/C20H21N3O5/c1-12(18(25)22-14-6-4-5-13(9-14)10-21)28-17(24)11-23-19(26)15-7-2-3-8-16(15)20(23)27/h4-6,9,12,15-16H,2-3,7-8,11H2,1H3,(H,22,25)/t12-,15-,16+/m0/s1. The minimum atomic E-state index is -1.12. The first-order chi connectivity index (χ1) is 13.4. The van der Waals surface area contributed by atoms with Crippen LogP contribution in [0.5, 0.6) is 0 Å². The molecule has 3 atom stereocenters. The third kappa shape index (κ3) is 4.03. The van der Waals surface area contributed by atoms with Crippen molar-refractivity contribution in [3.63, 3.8) is 0 Å². The molecule has 3 amide bonds. The number of esters is 1. The number of rotatable bonds is 5.